The molecule has 0 rings (SSSR count). The average Bonchev–Trinajstić information content (AvgIpc) is 2.34. The molecule has 0 aliphatic heterocycles. The fourth-order valence-electron chi connectivity index (χ4n) is 1.31. The van der Waals surface area contributed by atoms with Gasteiger partial charge in [0.1, 0.15) is 12.8 Å². The molecule has 22 heavy (non-hydrogen) atoms. The van der Waals surface area contributed by atoms with E-state index in [9.17, 15) is 29.4 Å². The van der Waals surface area contributed by atoms with Crippen LogP contribution in [0.5, 0.6) is 0 Å². The van der Waals surface area contributed by atoms with Crippen molar-refractivity contribution in [1.82, 2.24) is 26.6 Å². The van der Waals surface area contributed by atoms with E-state index in [1.54, 1.807) is 24.6 Å². The lowest BCUT2D eigenvalue weighted by Crippen LogP contribution is -2.61. The van der Waals surface area contributed by atoms with Gasteiger partial charge in [0.2, 0.25) is 23.6 Å². The fourth-order valence-corrected chi connectivity index (χ4v) is 1.31. The summed E-state index contributed by atoms with van der Waals surface area (Å²) in [6, 6.07) is -3.07. The molecule has 0 fully saturated rings. The maximum Gasteiger partial charge on any atom is 0.337 e. The molecule has 0 saturated carbocycles. The molecule has 0 unspecified atom stereocenters. The van der Waals surface area contributed by atoms with Gasteiger partial charge in [0.15, 0.2) is 0 Å². The minimum Gasteiger partial charge on any atom is -0.356 e. The normalized spacial score (nSPS) is 10.5. The molecule has 0 heterocycles. The zero-order valence-corrected chi connectivity index (χ0v) is 12.4. The number of hydrogen-bond acceptors (Lipinski definition) is 7. The Morgan fingerprint density at radius 2 is 1.32 bits per heavy atom. The topological polar surface area (TPSA) is 169 Å². The van der Waals surface area contributed by atoms with Crippen molar-refractivity contribution >= 4 is 23.6 Å². The summed E-state index contributed by atoms with van der Waals surface area (Å²) in [5.74, 6) is -3.32. The van der Waals surface area contributed by atoms with Crippen molar-refractivity contribution < 1.29 is 29.4 Å². The van der Waals surface area contributed by atoms with E-state index in [0.717, 1.165) is 0 Å². The molecule has 0 radical (unpaired) electrons. The van der Waals surface area contributed by atoms with Crippen LogP contribution in [0.25, 0.3) is 0 Å². The van der Waals surface area contributed by atoms with Gasteiger partial charge in [0.05, 0.1) is 6.67 Å². The number of rotatable bonds is 9. The van der Waals surface area contributed by atoms with Crippen LogP contribution >= 0.6 is 0 Å². The fraction of sp³-hybridized carbons (Fsp3) is 0.636. The second-order valence-electron chi connectivity index (χ2n) is 4.21. The zero-order valence-electron chi connectivity index (χ0n) is 12.4. The third-order valence-corrected chi connectivity index (χ3v) is 2.11. The van der Waals surface area contributed by atoms with E-state index >= 15 is 0 Å². The molecule has 0 atom stereocenters. The smallest absolute Gasteiger partial charge is 0.337 e. The Bertz CT molecular complexity index is 425. The van der Waals surface area contributed by atoms with Gasteiger partial charge in [0.25, 0.3) is 0 Å². The third kappa shape index (κ3) is 9.63. The Hall–Kier alpha value is -2.24. The third-order valence-electron chi connectivity index (χ3n) is 2.11. The first-order valence-corrected chi connectivity index (χ1v) is 6.45. The monoisotopic (exact) mass is 319 g/mol. The summed E-state index contributed by atoms with van der Waals surface area (Å²) in [5, 5.41) is 29.3. The van der Waals surface area contributed by atoms with Crippen LogP contribution in [0.4, 0.5) is 0 Å². The summed E-state index contributed by atoms with van der Waals surface area (Å²) in [5.41, 5.74) is 0. The van der Waals surface area contributed by atoms with Crippen LogP contribution in [-0.2, 0) is 19.2 Å². The molecule has 0 saturated heterocycles. The predicted octanol–water partition coefficient (Wildman–Crippen LogP) is -3.98. The van der Waals surface area contributed by atoms with Crippen LogP contribution in [0.3, 0.4) is 0 Å². The molecule has 0 bridgehead atoms. The molecule has 0 aliphatic rings. The Balaban J connectivity index is 4.26. The van der Waals surface area contributed by atoms with Crippen LogP contribution in [0.2, 0.25) is 0 Å². The van der Waals surface area contributed by atoms with Crippen molar-refractivity contribution in [2.45, 2.75) is 25.8 Å². The lowest BCUT2D eigenvalue weighted by atomic mass is 10.3. The van der Waals surface area contributed by atoms with Crippen molar-refractivity contribution in [3.8, 4) is 0 Å². The van der Waals surface area contributed by atoms with Gasteiger partial charge in [-0.25, -0.2) is 0 Å². The summed E-state index contributed by atoms with van der Waals surface area (Å²) in [7, 11) is 1.58. The zero-order chi connectivity index (χ0) is 17.2. The predicted molar refractivity (Wildman–Crippen MR) is 73.4 cm³/mol. The van der Waals surface area contributed by atoms with Crippen LogP contribution in [0, 0.1) is 0 Å². The highest BCUT2D eigenvalue weighted by atomic mass is 16.6. The van der Waals surface area contributed by atoms with Gasteiger partial charge in [-0.3, -0.25) is 29.8 Å². The number of amides is 4. The van der Waals surface area contributed by atoms with Crippen molar-refractivity contribution in [2.75, 3.05) is 20.3 Å². The van der Waals surface area contributed by atoms with E-state index in [1.807, 2.05) is 0 Å². The van der Waals surface area contributed by atoms with Crippen molar-refractivity contribution in [3.05, 3.63) is 0 Å². The van der Waals surface area contributed by atoms with Gasteiger partial charge in [-0.15, -0.1) is 0 Å². The molecule has 0 aliphatic carbocycles. The first kappa shape index (κ1) is 19.8. The van der Waals surface area contributed by atoms with Crippen LogP contribution in [-0.4, -0.2) is 60.1 Å². The summed E-state index contributed by atoms with van der Waals surface area (Å²) in [6.45, 7) is 2.10. The summed E-state index contributed by atoms with van der Waals surface area (Å²) < 4.78 is 0. The average molecular weight is 319 g/mol. The van der Waals surface area contributed by atoms with Gasteiger partial charge >= 0.3 is 6.03 Å². The first-order chi connectivity index (χ1) is 10.2. The molecule has 0 spiro atoms. The quantitative estimate of drug-likeness (QED) is 0.168. The van der Waals surface area contributed by atoms with Gasteiger partial charge < -0.3 is 26.2 Å². The molecule has 0 aromatic carbocycles. The molecule has 4 amide bonds. The molecular formula is C11H21N5O6. The summed E-state index contributed by atoms with van der Waals surface area (Å²) >= 11 is 0. The number of carbonyl (C=O) groups is 4. The van der Waals surface area contributed by atoms with E-state index in [1.165, 1.54) is 0 Å². The number of carbonyl (C=O) groups excluding carboxylic acids is 4. The van der Waals surface area contributed by atoms with E-state index in [4.69, 9.17) is 0 Å². The van der Waals surface area contributed by atoms with E-state index in [2.05, 4.69) is 16.0 Å². The van der Waals surface area contributed by atoms with Crippen molar-refractivity contribution in [3.63, 3.8) is 0 Å². The molecule has 11 heteroatoms. The Kier molecular flexibility index (Phi) is 8.67. The second-order valence-corrected chi connectivity index (χ2v) is 4.21. The van der Waals surface area contributed by atoms with E-state index in [0.29, 0.717) is 6.54 Å². The Morgan fingerprint density at radius 1 is 0.864 bits per heavy atom. The largest absolute Gasteiger partial charge is 0.356 e. The molecule has 11 nitrogen and oxygen atoms in total. The minimum absolute atomic E-state index is 0.138. The van der Waals surface area contributed by atoms with Gasteiger partial charge in [-0.05, 0) is 14.0 Å². The highest BCUT2D eigenvalue weighted by Crippen LogP contribution is 1.93. The van der Waals surface area contributed by atoms with Crippen LogP contribution in [0.1, 0.15) is 19.8 Å². The highest BCUT2D eigenvalue weighted by molar-refractivity contribution is 5.98. The van der Waals surface area contributed by atoms with E-state index < -0.39 is 42.5 Å². The van der Waals surface area contributed by atoms with Gasteiger partial charge in [-0.2, -0.15) is 0 Å². The Labute approximate surface area is 126 Å². The lowest BCUT2D eigenvalue weighted by Gasteiger charge is -2.23. The lowest BCUT2D eigenvalue weighted by molar-refractivity contribution is -0.209. The van der Waals surface area contributed by atoms with E-state index in [-0.39, 0.29) is 6.67 Å². The van der Waals surface area contributed by atoms with Crippen LogP contribution < -0.4 is 26.6 Å². The number of nitrogens with one attached hydrogen (secondary N) is 5. The number of aliphatic hydroxyl groups is 2. The number of hydrogen-bond donors (Lipinski definition) is 7. The Morgan fingerprint density at radius 3 is 1.73 bits per heavy atom. The SMILES string of the molecule is CCNC(=O)CC(=O)NC(O)(O)NC(=O)CC(=O)NCNC. The first-order valence-electron chi connectivity index (χ1n) is 6.45. The minimum atomic E-state index is -3.07. The van der Waals surface area contributed by atoms with Gasteiger partial charge in [0, 0.05) is 6.54 Å². The second kappa shape index (κ2) is 9.65. The maximum atomic E-state index is 11.4. The van der Waals surface area contributed by atoms with Crippen molar-refractivity contribution in [2.24, 2.45) is 0 Å². The molecule has 0 aromatic rings. The molecule has 7 N–H and O–H groups in total. The standard InChI is InChI=1S/C11H21N5O6/c1-3-13-7(17)4-9(19)15-11(21,22)16-10(20)5-8(18)14-6-12-2/h12,21-22H,3-6H2,1-2H3,(H,13,17)(H,14,18)(H,15,19)(H,16,20). The maximum absolute atomic E-state index is 11.4. The van der Waals surface area contributed by atoms with Crippen molar-refractivity contribution in [1.29, 1.82) is 0 Å². The molecule has 0 aromatic heterocycles. The van der Waals surface area contributed by atoms with Gasteiger partial charge in [-0.1, -0.05) is 0 Å². The highest BCUT2D eigenvalue weighted by Gasteiger charge is 2.29. The molecular weight excluding hydrogens is 298 g/mol. The molecule has 126 valence electrons. The van der Waals surface area contributed by atoms with Crippen LogP contribution in [0.15, 0.2) is 0 Å². The summed E-state index contributed by atoms with van der Waals surface area (Å²) in [4.78, 5) is 45.1. The summed E-state index contributed by atoms with van der Waals surface area (Å²) in [6.07, 6.45) is -1.31.